The summed E-state index contributed by atoms with van der Waals surface area (Å²) in [4.78, 5) is 12.7. The number of methoxy groups -OCH3 is 1. The molecule has 33 heavy (non-hydrogen) atoms. The van der Waals surface area contributed by atoms with Crippen LogP contribution < -0.4 is 19.5 Å². The number of carbonyl (C=O) groups excluding carboxylic acids is 1. The first kappa shape index (κ1) is 23.9. The molecular formula is C26H23BrN2O4. The van der Waals surface area contributed by atoms with Crippen molar-refractivity contribution in [3.63, 3.8) is 0 Å². The standard InChI is InChI=1S/C26H23BrN2O4/c1-3-32-24-15-19(14-23(27)25(24)31-2)13-20(16-28)26(30)29-21-9-11-22(12-10-21)33-17-18-7-5-4-6-8-18/h4-15H,3,17H2,1-2H3,(H,29,30)/b20-13+. The van der Waals surface area contributed by atoms with Gasteiger partial charge in [-0.15, -0.1) is 0 Å². The predicted octanol–water partition coefficient (Wildman–Crippen LogP) is 5.98. The molecule has 168 valence electrons. The molecule has 0 aliphatic heterocycles. The van der Waals surface area contributed by atoms with Crippen LogP contribution >= 0.6 is 15.9 Å². The number of nitrogens with one attached hydrogen (secondary N) is 1. The van der Waals surface area contributed by atoms with Crippen LogP contribution in [-0.2, 0) is 11.4 Å². The zero-order valence-electron chi connectivity index (χ0n) is 18.3. The summed E-state index contributed by atoms with van der Waals surface area (Å²) >= 11 is 3.44. The van der Waals surface area contributed by atoms with Crippen LogP contribution in [0.1, 0.15) is 18.1 Å². The molecule has 7 heteroatoms. The van der Waals surface area contributed by atoms with Crippen LogP contribution in [0.3, 0.4) is 0 Å². The van der Waals surface area contributed by atoms with E-state index in [1.54, 1.807) is 43.5 Å². The summed E-state index contributed by atoms with van der Waals surface area (Å²) in [5, 5.41) is 12.3. The number of hydrogen-bond donors (Lipinski definition) is 1. The molecule has 3 aromatic rings. The molecule has 0 bridgehead atoms. The minimum atomic E-state index is -0.514. The molecule has 0 spiro atoms. The molecule has 0 radical (unpaired) electrons. The van der Waals surface area contributed by atoms with Crippen molar-refractivity contribution in [2.24, 2.45) is 0 Å². The van der Waals surface area contributed by atoms with Crippen LogP contribution in [0, 0.1) is 11.3 Å². The maximum Gasteiger partial charge on any atom is 0.266 e. The number of hydrogen-bond acceptors (Lipinski definition) is 5. The van der Waals surface area contributed by atoms with Crippen molar-refractivity contribution in [2.45, 2.75) is 13.5 Å². The van der Waals surface area contributed by atoms with Gasteiger partial charge in [0.2, 0.25) is 0 Å². The Labute approximate surface area is 201 Å². The highest BCUT2D eigenvalue weighted by Crippen LogP contribution is 2.37. The molecule has 0 aliphatic rings. The molecule has 0 saturated heterocycles. The van der Waals surface area contributed by atoms with E-state index in [2.05, 4.69) is 21.2 Å². The lowest BCUT2D eigenvalue weighted by molar-refractivity contribution is -0.112. The fourth-order valence-electron chi connectivity index (χ4n) is 3.02. The molecule has 0 unspecified atom stereocenters. The molecule has 0 fully saturated rings. The maximum absolute atomic E-state index is 12.7. The summed E-state index contributed by atoms with van der Waals surface area (Å²) in [5.41, 5.74) is 2.21. The van der Waals surface area contributed by atoms with Gasteiger partial charge in [-0.05, 0) is 76.5 Å². The Morgan fingerprint density at radius 2 is 1.82 bits per heavy atom. The molecule has 3 rings (SSSR count). The molecule has 6 nitrogen and oxygen atoms in total. The smallest absolute Gasteiger partial charge is 0.266 e. The van der Waals surface area contributed by atoms with Crippen molar-refractivity contribution in [3.8, 4) is 23.3 Å². The Kier molecular flexibility index (Phi) is 8.50. The third-order valence-electron chi connectivity index (χ3n) is 4.57. The normalized spacial score (nSPS) is 10.8. The SMILES string of the molecule is CCOc1cc(/C=C(\C#N)C(=O)Nc2ccc(OCc3ccccc3)cc2)cc(Br)c1OC. The fraction of sp³-hybridized carbons (Fsp3) is 0.154. The highest BCUT2D eigenvalue weighted by atomic mass is 79.9. The Morgan fingerprint density at radius 1 is 1.09 bits per heavy atom. The summed E-state index contributed by atoms with van der Waals surface area (Å²) < 4.78 is 17.4. The van der Waals surface area contributed by atoms with Gasteiger partial charge in [-0.3, -0.25) is 4.79 Å². The molecule has 1 N–H and O–H groups in total. The topological polar surface area (TPSA) is 80.6 Å². The van der Waals surface area contributed by atoms with Crippen molar-refractivity contribution in [1.82, 2.24) is 0 Å². The van der Waals surface area contributed by atoms with Gasteiger partial charge in [0.15, 0.2) is 11.5 Å². The van der Waals surface area contributed by atoms with Gasteiger partial charge < -0.3 is 19.5 Å². The van der Waals surface area contributed by atoms with Gasteiger partial charge in [0.05, 0.1) is 18.2 Å². The third-order valence-corrected chi connectivity index (χ3v) is 5.16. The van der Waals surface area contributed by atoms with Crippen molar-refractivity contribution >= 4 is 33.6 Å². The summed E-state index contributed by atoms with van der Waals surface area (Å²) in [6.07, 6.45) is 1.50. The number of benzene rings is 3. The Morgan fingerprint density at radius 3 is 2.45 bits per heavy atom. The average Bonchev–Trinajstić information content (AvgIpc) is 2.83. The van der Waals surface area contributed by atoms with E-state index in [9.17, 15) is 10.1 Å². The number of halogens is 1. The number of rotatable bonds is 9. The van der Waals surface area contributed by atoms with Crippen LogP contribution in [-0.4, -0.2) is 19.6 Å². The lowest BCUT2D eigenvalue weighted by Gasteiger charge is -2.12. The molecule has 0 saturated carbocycles. The van der Waals surface area contributed by atoms with Crippen LogP contribution in [0.25, 0.3) is 6.08 Å². The van der Waals surface area contributed by atoms with E-state index in [4.69, 9.17) is 14.2 Å². The van der Waals surface area contributed by atoms with E-state index in [0.29, 0.717) is 46.2 Å². The molecule has 3 aromatic carbocycles. The first-order chi connectivity index (χ1) is 16.0. The van der Waals surface area contributed by atoms with Crippen LogP contribution in [0.2, 0.25) is 0 Å². The molecule has 0 atom stereocenters. The van der Waals surface area contributed by atoms with Crippen LogP contribution in [0.4, 0.5) is 5.69 Å². The quantitative estimate of drug-likeness (QED) is 0.285. The summed E-state index contributed by atoms with van der Waals surface area (Å²) in [7, 11) is 1.55. The molecule has 0 aliphatic carbocycles. The number of ether oxygens (including phenoxy) is 3. The molecular weight excluding hydrogens is 484 g/mol. The van der Waals surface area contributed by atoms with Crippen molar-refractivity contribution in [2.75, 3.05) is 19.0 Å². The number of nitrogens with zero attached hydrogens (tertiary/aromatic N) is 1. The second kappa shape index (κ2) is 11.7. The van der Waals surface area contributed by atoms with Gasteiger partial charge >= 0.3 is 0 Å². The molecule has 0 aromatic heterocycles. The second-order valence-corrected chi connectivity index (χ2v) is 7.74. The lowest BCUT2D eigenvalue weighted by Crippen LogP contribution is -2.13. The Hall–Kier alpha value is -3.76. The van der Waals surface area contributed by atoms with Gasteiger partial charge in [0.1, 0.15) is 24.0 Å². The lowest BCUT2D eigenvalue weighted by atomic mass is 10.1. The zero-order chi connectivity index (χ0) is 23.6. The van der Waals surface area contributed by atoms with Gasteiger partial charge in [-0.25, -0.2) is 0 Å². The third kappa shape index (κ3) is 6.61. The number of nitriles is 1. The number of amides is 1. The van der Waals surface area contributed by atoms with E-state index in [-0.39, 0.29) is 5.57 Å². The van der Waals surface area contributed by atoms with Crippen LogP contribution in [0.15, 0.2) is 76.8 Å². The Balaban J connectivity index is 1.69. The van der Waals surface area contributed by atoms with Gasteiger partial charge in [0, 0.05) is 5.69 Å². The summed E-state index contributed by atoms with van der Waals surface area (Å²) in [5.74, 6) is 1.23. The zero-order valence-corrected chi connectivity index (χ0v) is 19.9. The second-order valence-electron chi connectivity index (χ2n) is 6.89. The van der Waals surface area contributed by atoms with Crippen molar-refractivity contribution in [1.29, 1.82) is 5.26 Å². The largest absolute Gasteiger partial charge is 0.492 e. The minimum Gasteiger partial charge on any atom is -0.492 e. The summed E-state index contributed by atoms with van der Waals surface area (Å²) in [6.45, 7) is 2.77. The molecule has 1 amide bonds. The Bertz CT molecular complexity index is 1170. The predicted molar refractivity (Wildman–Crippen MR) is 131 cm³/mol. The van der Waals surface area contributed by atoms with Crippen molar-refractivity contribution < 1.29 is 19.0 Å². The van der Waals surface area contributed by atoms with Gasteiger partial charge in [-0.1, -0.05) is 30.3 Å². The minimum absolute atomic E-state index is 0.0427. The van der Waals surface area contributed by atoms with E-state index in [0.717, 1.165) is 5.56 Å². The average molecular weight is 507 g/mol. The summed E-state index contributed by atoms with van der Waals surface area (Å²) in [6, 6.07) is 22.3. The number of anilines is 1. The van der Waals surface area contributed by atoms with Crippen molar-refractivity contribution in [3.05, 3.63) is 87.9 Å². The first-order valence-corrected chi connectivity index (χ1v) is 11.0. The highest BCUT2D eigenvalue weighted by molar-refractivity contribution is 9.10. The van der Waals surface area contributed by atoms with E-state index < -0.39 is 5.91 Å². The van der Waals surface area contributed by atoms with Gasteiger partial charge in [-0.2, -0.15) is 5.26 Å². The maximum atomic E-state index is 12.7. The first-order valence-electron chi connectivity index (χ1n) is 10.2. The van der Waals surface area contributed by atoms with Gasteiger partial charge in [0.25, 0.3) is 5.91 Å². The fourth-order valence-corrected chi connectivity index (χ4v) is 3.64. The molecule has 0 heterocycles. The highest BCUT2D eigenvalue weighted by Gasteiger charge is 2.14. The van der Waals surface area contributed by atoms with Crippen LogP contribution in [0.5, 0.6) is 17.2 Å². The van der Waals surface area contributed by atoms with E-state index >= 15 is 0 Å². The van der Waals surface area contributed by atoms with E-state index in [1.165, 1.54) is 6.08 Å². The number of carbonyl (C=O) groups is 1. The van der Waals surface area contributed by atoms with E-state index in [1.807, 2.05) is 43.3 Å². The monoisotopic (exact) mass is 506 g/mol.